The van der Waals surface area contributed by atoms with Gasteiger partial charge in [0, 0.05) is 22.2 Å². The molecule has 5 nitrogen and oxygen atoms in total. The third kappa shape index (κ3) is 2.49. The van der Waals surface area contributed by atoms with E-state index in [-0.39, 0.29) is 5.91 Å². The van der Waals surface area contributed by atoms with E-state index in [4.69, 9.17) is 28.9 Å². The van der Waals surface area contributed by atoms with Gasteiger partial charge in [-0.2, -0.15) is 0 Å². The lowest BCUT2D eigenvalue weighted by molar-refractivity contribution is -0.131. The predicted molar refractivity (Wildman–Crippen MR) is 77.7 cm³/mol. The summed E-state index contributed by atoms with van der Waals surface area (Å²) >= 11 is 12.0. The number of nitrogens with zero attached hydrogens (tertiary/aromatic N) is 1. The molecule has 3 amide bonds. The Bertz CT molecular complexity index is 565. The van der Waals surface area contributed by atoms with Crippen LogP contribution in [0.5, 0.6) is 0 Å². The monoisotopic (exact) mass is 315 g/mol. The normalized spacial score (nSPS) is 22.3. The van der Waals surface area contributed by atoms with Crippen molar-refractivity contribution in [2.24, 2.45) is 5.73 Å². The van der Waals surface area contributed by atoms with Crippen LogP contribution >= 0.6 is 23.2 Å². The molecule has 1 saturated heterocycles. The molecule has 1 atom stereocenters. The first-order chi connectivity index (χ1) is 9.40. The minimum atomic E-state index is -1.17. The molecule has 0 saturated carbocycles. The molecule has 0 aliphatic carbocycles. The van der Waals surface area contributed by atoms with Gasteiger partial charge in [-0.3, -0.25) is 9.69 Å². The summed E-state index contributed by atoms with van der Waals surface area (Å²) in [5.41, 5.74) is 4.76. The fourth-order valence-electron chi connectivity index (χ4n) is 2.23. The molecule has 1 aliphatic heterocycles. The van der Waals surface area contributed by atoms with Gasteiger partial charge in [0.25, 0.3) is 5.91 Å². The number of urea groups is 1. The van der Waals surface area contributed by atoms with Gasteiger partial charge in [-0.05, 0) is 32.0 Å². The van der Waals surface area contributed by atoms with Gasteiger partial charge in [0.15, 0.2) is 0 Å². The molecule has 1 aromatic carbocycles. The molecule has 7 heteroatoms. The summed E-state index contributed by atoms with van der Waals surface area (Å²) in [5.74, 6) is -0.333. The van der Waals surface area contributed by atoms with Crippen LogP contribution in [-0.4, -0.2) is 29.9 Å². The maximum Gasteiger partial charge on any atom is 0.325 e. The summed E-state index contributed by atoms with van der Waals surface area (Å²) in [5, 5.41) is 3.50. The van der Waals surface area contributed by atoms with Crippen molar-refractivity contribution < 1.29 is 9.59 Å². The van der Waals surface area contributed by atoms with Gasteiger partial charge < -0.3 is 11.1 Å². The molecule has 0 aromatic heterocycles. The molecular weight excluding hydrogens is 301 g/mol. The zero-order valence-electron chi connectivity index (χ0n) is 11.0. The summed E-state index contributed by atoms with van der Waals surface area (Å²) in [6.45, 7) is 2.34. The Kier molecular flexibility index (Phi) is 4.22. The third-order valence-electron chi connectivity index (χ3n) is 3.33. The second-order valence-corrected chi connectivity index (χ2v) is 5.62. The van der Waals surface area contributed by atoms with Crippen LogP contribution < -0.4 is 11.1 Å². The van der Waals surface area contributed by atoms with Crippen LogP contribution in [0.3, 0.4) is 0 Å². The van der Waals surface area contributed by atoms with Crippen LogP contribution in [0.2, 0.25) is 10.0 Å². The summed E-state index contributed by atoms with van der Waals surface area (Å²) < 4.78 is 0. The second kappa shape index (κ2) is 5.60. The van der Waals surface area contributed by atoms with Crippen LogP contribution in [-0.2, 0) is 10.3 Å². The molecule has 1 aromatic rings. The lowest BCUT2D eigenvalue weighted by Gasteiger charge is -2.23. The van der Waals surface area contributed by atoms with Crippen molar-refractivity contribution in [3.63, 3.8) is 0 Å². The number of hydrogen-bond donors (Lipinski definition) is 2. The molecule has 108 valence electrons. The fraction of sp³-hybridized carbons (Fsp3) is 0.385. The number of benzene rings is 1. The zero-order chi connectivity index (χ0) is 14.9. The van der Waals surface area contributed by atoms with Crippen molar-refractivity contribution in [2.45, 2.75) is 18.9 Å². The largest absolute Gasteiger partial charge is 0.330 e. The Hall–Kier alpha value is -1.30. The van der Waals surface area contributed by atoms with E-state index < -0.39 is 11.6 Å². The number of halogens is 2. The maximum atomic E-state index is 12.5. The summed E-state index contributed by atoms with van der Waals surface area (Å²) in [4.78, 5) is 25.6. The number of rotatable bonds is 4. The van der Waals surface area contributed by atoms with Gasteiger partial charge in [-0.25, -0.2) is 4.79 Å². The molecule has 3 N–H and O–H groups in total. The van der Waals surface area contributed by atoms with Gasteiger partial charge in [0.1, 0.15) is 5.54 Å². The van der Waals surface area contributed by atoms with Gasteiger partial charge in [-0.1, -0.05) is 29.3 Å². The van der Waals surface area contributed by atoms with Crippen molar-refractivity contribution in [1.29, 1.82) is 0 Å². The zero-order valence-corrected chi connectivity index (χ0v) is 12.5. The highest BCUT2D eigenvalue weighted by Crippen LogP contribution is 2.34. The Balaban J connectivity index is 2.35. The molecule has 0 bridgehead atoms. The summed E-state index contributed by atoms with van der Waals surface area (Å²) in [7, 11) is 0. The van der Waals surface area contributed by atoms with E-state index >= 15 is 0 Å². The Labute approximate surface area is 127 Å². The van der Waals surface area contributed by atoms with E-state index in [2.05, 4.69) is 5.32 Å². The van der Waals surface area contributed by atoms with Gasteiger partial charge in [0.05, 0.1) is 0 Å². The first kappa shape index (κ1) is 15.1. The van der Waals surface area contributed by atoms with Crippen molar-refractivity contribution in [3.05, 3.63) is 33.8 Å². The van der Waals surface area contributed by atoms with E-state index in [9.17, 15) is 9.59 Å². The average molecular weight is 316 g/mol. The number of nitrogens with one attached hydrogen (secondary N) is 1. The van der Waals surface area contributed by atoms with E-state index in [1.807, 2.05) is 0 Å². The fourth-order valence-corrected chi connectivity index (χ4v) is 2.82. The van der Waals surface area contributed by atoms with Crippen LogP contribution in [0.1, 0.15) is 18.9 Å². The van der Waals surface area contributed by atoms with Crippen molar-refractivity contribution in [1.82, 2.24) is 10.2 Å². The standard InChI is InChI=1S/C13H15Cl2N3O2/c1-13(9-4-3-8(14)7-10(9)15)11(19)18(6-2-5-16)12(20)17-13/h3-4,7H,2,5-6,16H2,1H3,(H,17,20). The third-order valence-corrected chi connectivity index (χ3v) is 3.88. The smallest absolute Gasteiger partial charge is 0.325 e. The highest BCUT2D eigenvalue weighted by Gasteiger charge is 2.49. The molecule has 0 radical (unpaired) electrons. The van der Waals surface area contributed by atoms with Crippen LogP contribution in [0.4, 0.5) is 4.79 Å². The van der Waals surface area contributed by atoms with E-state index in [0.29, 0.717) is 35.1 Å². The quantitative estimate of drug-likeness (QED) is 0.835. The van der Waals surface area contributed by atoms with Crippen molar-refractivity contribution in [2.75, 3.05) is 13.1 Å². The first-order valence-corrected chi connectivity index (χ1v) is 6.95. The van der Waals surface area contributed by atoms with Crippen LogP contribution in [0.15, 0.2) is 18.2 Å². The van der Waals surface area contributed by atoms with Crippen LogP contribution in [0, 0.1) is 0 Å². The Morgan fingerprint density at radius 2 is 2.05 bits per heavy atom. The highest BCUT2D eigenvalue weighted by molar-refractivity contribution is 6.35. The molecule has 20 heavy (non-hydrogen) atoms. The molecule has 0 spiro atoms. The Morgan fingerprint density at radius 3 is 2.65 bits per heavy atom. The number of carbonyl (C=O) groups excluding carboxylic acids is 2. The van der Waals surface area contributed by atoms with E-state index in [1.54, 1.807) is 25.1 Å². The first-order valence-electron chi connectivity index (χ1n) is 6.20. The SMILES string of the molecule is CC1(c2ccc(Cl)cc2Cl)NC(=O)N(CCCN)C1=O. The molecule has 2 rings (SSSR count). The highest BCUT2D eigenvalue weighted by atomic mass is 35.5. The summed E-state index contributed by atoms with van der Waals surface area (Å²) in [6, 6.07) is 4.40. The topological polar surface area (TPSA) is 75.4 Å². The lowest BCUT2D eigenvalue weighted by Crippen LogP contribution is -2.41. The molecule has 1 unspecified atom stereocenters. The summed E-state index contributed by atoms with van der Waals surface area (Å²) in [6.07, 6.45) is 0.559. The average Bonchev–Trinajstić information content (AvgIpc) is 2.59. The van der Waals surface area contributed by atoms with E-state index in [0.717, 1.165) is 4.90 Å². The predicted octanol–water partition coefficient (Wildman–Crippen LogP) is 2.11. The molecule has 1 heterocycles. The number of amides is 3. The van der Waals surface area contributed by atoms with Crippen molar-refractivity contribution >= 4 is 35.1 Å². The number of carbonyl (C=O) groups is 2. The van der Waals surface area contributed by atoms with Crippen molar-refractivity contribution in [3.8, 4) is 0 Å². The molecule has 1 aliphatic rings. The van der Waals surface area contributed by atoms with Crippen LogP contribution in [0.25, 0.3) is 0 Å². The van der Waals surface area contributed by atoms with E-state index in [1.165, 1.54) is 0 Å². The minimum absolute atomic E-state index is 0.294. The van der Waals surface area contributed by atoms with Gasteiger partial charge in [-0.15, -0.1) is 0 Å². The number of imide groups is 1. The second-order valence-electron chi connectivity index (χ2n) is 4.78. The van der Waals surface area contributed by atoms with Gasteiger partial charge in [0.2, 0.25) is 0 Å². The Morgan fingerprint density at radius 1 is 1.35 bits per heavy atom. The lowest BCUT2D eigenvalue weighted by atomic mass is 9.92. The minimum Gasteiger partial charge on any atom is -0.330 e. The molecule has 1 fully saturated rings. The molecular formula is C13H15Cl2N3O2. The number of hydrogen-bond acceptors (Lipinski definition) is 3. The number of nitrogens with two attached hydrogens (primary N) is 1. The van der Waals surface area contributed by atoms with Gasteiger partial charge >= 0.3 is 6.03 Å². The maximum absolute atomic E-state index is 12.5.